The highest BCUT2D eigenvalue weighted by atomic mass is 16.2. The molecule has 96 valence electrons. The molecule has 2 atom stereocenters. The van der Waals surface area contributed by atoms with Gasteiger partial charge in [-0.2, -0.15) is 5.26 Å². The molecule has 0 aliphatic carbocycles. The molecule has 1 aromatic rings. The average Bonchev–Trinajstić information content (AvgIpc) is 2.65. The highest BCUT2D eigenvalue weighted by Gasteiger charge is 2.50. The second-order valence-electron chi connectivity index (χ2n) is 4.27. The number of amides is 1. The van der Waals surface area contributed by atoms with Crippen LogP contribution in [0.1, 0.15) is 18.5 Å². The van der Waals surface area contributed by atoms with Gasteiger partial charge < -0.3 is 4.90 Å². The molecule has 2 unspecified atom stereocenters. The molecule has 6 nitrogen and oxygen atoms in total. The summed E-state index contributed by atoms with van der Waals surface area (Å²) in [6.45, 7) is 1.04. The molecule has 1 aromatic heterocycles. The first-order chi connectivity index (χ1) is 9.07. The Balaban J connectivity index is 2.50. The SMILES string of the molecule is CC(=O)C1C(=O)C(=O)N(CC#N)C1c1cccnc1. The van der Waals surface area contributed by atoms with Crippen molar-refractivity contribution in [1.29, 1.82) is 5.26 Å². The van der Waals surface area contributed by atoms with Crippen molar-refractivity contribution in [2.24, 2.45) is 5.92 Å². The van der Waals surface area contributed by atoms with E-state index >= 15 is 0 Å². The Hall–Kier alpha value is -2.55. The molecule has 0 N–H and O–H groups in total. The zero-order valence-electron chi connectivity index (χ0n) is 10.2. The van der Waals surface area contributed by atoms with Gasteiger partial charge in [0.2, 0.25) is 5.78 Å². The van der Waals surface area contributed by atoms with E-state index in [9.17, 15) is 14.4 Å². The number of pyridine rings is 1. The molecule has 0 aromatic carbocycles. The lowest BCUT2D eigenvalue weighted by Crippen LogP contribution is -2.30. The first kappa shape index (κ1) is 12.9. The summed E-state index contributed by atoms with van der Waals surface area (Å²) in [5.74, 6) is -2.97. The fourth-order valence-corrected chi connectivity index (χ4v) is 2.30. The van der Waals surface area contributed by atoms with Crippen LogP contribution in [0.4, 0.5) is 0 Å². The third-order valence-electron chi connectivity index (χ3n) is 3.11. The fourth-order valence-electron chi connectivity index (χ4n) is 2.30. The van der Waals surface area contributed by atoms with E-state index in [2.05, 4.69) is 4.98 Å². The van der Waals surface area contributed by atoms with Crippen LogP contribution in [0, 0.1) is 17.2 Å². The van der Waals surface area contributed by atoms with Gasteiger partial charge in [0, 0.05) is 12.4 Å². The second-order valence-corrected chi connectivity index (χ2v) is 4.27. The Kier molecular flexibility index (Phi) is 3.38. The van der Waals surface area contributed by atoms with Crippen LogP contribution in [0.5, 0.6) is 0 Å². The van der Waals surface area contributed by atoms with Crippen molar-refractivity contribution in [2.45, 2.75) is 13.0 Å². The van der Waals surface area contributed by atoms with Crippen molar-refractivity contribution in [3.05, 3.63) is 30.1 Å². The number of likely N-dealkylation sites (tertiary alicyclic amines) is 1. The van der Waals surface area contributed by atoms with Gasteiger partial charge >= 0.3 is 0 Å². The van der Waals surface area contributed by atoms with E-state index in [1.165, 1.54) is 13.1 Å². The van der Waals surface area contributed by atoms with Crippen molar-refractivity contribution in [1.82, 2.24) is 9.88 Å². The minimum Gasteiger partial charge on any atom is -0.314 e. The molecule has 1 aliphatic rings. The smallest absolute Gasteiger partial charge is 0.292 e. The van der Waals surface area contributed by atoms with Gasteiger partial charge in [-0.3, -0.25) is 19.4 Å². The molecule has 19 heavy (non-hydrogen) atoms. The Labute approximate surface area is 109 Å². The summed E-state index contributed by atoms with van der Waals surface area (Å²) in [4.78, 5) is 40.4. The van der Waals surface area contributed by atoms with Crippen LogP contribution in [-0.4, -0.2) is 33.9 Å². The van der Waals surface area contributed by atoms with Crippen LogP contribution in [-0.2, 0) is 14.4 Å². The summed E-state index contributed by atoms with van der Waals surface area (Å²) in [6.07, 6.45) is 3.05. The van der Waals surface area contributed by atoms with E-state index in [0.717, 1.165) is 4.90 Å². The normalized spacial score (nSPS) is 22.4. The summed E-state index contributed by atoms with van der Waals surface area (Å²) in [6, 6.07) is 4.45. The summed E-state index contributed by atoms with van der Waals surface area (Å²) in [5, 5.41) is 8.76. The lowest BCUT2D eigenvalue weighted by atomic mass is 9.91. The third kappa shape index (κ3) is 2.10. The maximum absolute atomic E-state index is 11.9. The number of rotatable bonds is 3. The van der Waals surface area contributed by atoms with Crippen molar-refractivity contribution >= 4 is 17.5 Å². The van der Waals surface area contributed by atoms with E-state index in [1.54, 1.807) is 18.3 Å². The van der Waals surface area contributed by atoms with Crippen LogP contribution in [0.15, 0.2) is 24.5 Å². The first-order valence-corrected chi connectivity index (χ1v) is 5.70. The highest BCUT2D eigenvalue weighted by Crippen LogP contribution is 2.35. The molecule has 0 bridgehead atoms. The van der Waals surface area contributed by atoms with Crippen molar-refractivity contribution in [2.75, 3.05) is 6.54 Å². The number of nitriles is 1. The van der Waals surface area contributed by atoms with E-state index in [-0.39, 0.29) is 12.3 Å². The molecule has 0 radical (unpaired) electrons. The number of carbonyl (C=O) groups excluding carboxylic acids is 3. The van der Waals surface area contributed by atoms with Gasteiger partial charge in [0.25, 0.3) is 5.91 Å². The van der Waals surface area contributed by atoms with Crippen LogP contribution < -0.4 is 0 Å². The van der Waals surface area contributed by atoms with Crippen molar-refractivity contribution in [3.63, 3.8) is 0 Å². The number of hydrogen-bond acceptors (Lipinski definition) is 5. The summed E-state index contributed by atoms with van der Waals surface area (Å²) < 4.78 is 0. The van der Waals surface area contributed by atoms with E-state index < -0.39 is 23.7 Å². The lowest BCUT2D eigenvalue weighted by molar-refractivity contribution is -0.141. The molecular weight excluding hydrogens is 246 g/mol. The molecule has 6 heteroatoms. The topological polar surface area (TPSA) is 91.1 Å². The number of aromatic nitrogens is 1. The fraction of sp³-hybridized carbons (Fsp3) is 0.308. The minimum atomic E-state index is -1.05. The predicted octanol–water partition coefficient (Wildman–Crippen LogP) is 0.263. The van der Waals surface area contributed by atoms with Crippen LogP contribution in [0.2, 0.25) is 0 Å². The molecule has 1 aliphatic heterocycles. The lowest BCUT2D eigenvalue weighted by Gasteiger charge is -2.23. The number of carbonyl (C=O) groups is 3. The molecule has 0 spiro atoms. The number of Topliss-reactive ketones (excluding diaryl/α,β-unsaturated/α-hetero) is 2. The summed E-state index contributed by atoms with van der Waals surface area (Å²) >= 11 is 0. The largest absolute Gasteiger partial charge is 0.314 e. The van der Waals surface area contributed by atoms with Gasteiger partial charge in [0.15, 0.2) is 0 Å². The zero-order valence-corrected chi connectivity index (χ0v) is 10.2. The highest BCUT2D eigenvalue weighted by molar-refractivity contribution is 6.42. The average molecular weight is 257 g/mol. The van der Waals surface area contributed by atoms with Gasteiger partial charge in [0.1, 0.15) is 18.2 Å². The number of ketones is 2. The summed E-state index contributed by atoms with van der Waals surface area (Å²) in [7, 11) is 0. The van der Waals surface area contributed by atoms with Crippen molar-refractivity contribution < 1.29 is 14.4 Å². The predicted molar refractivity (Wildman–Crippen MR) is 63.5 cm³/mol. The molecule has 1 fully saturated rings. The van der Waals surface area contributed by atoms with Crippen LogP contribution in [0.25, 0.3) is 0 Å². The van der Waals surface area contributed by atoms with Crippen LogP contribution in [0.3, 0.4) is 0 Å². The van der Waals surface area contributed by atoms with Crippen molar-refractivity contribution in [3.8, 4) is 6.07 Å². The standard InChI is InChI=1S/C13H11N3O3/c1-8(17)10-11(9-3-2-5-15-7-9)16(6-4-14)13(19)12(10)18/h2-3,5,7,10-11H,6H2,1H3. The Morgan fingerprint density at radius 2 is 2.26 bits per heavy atom. The van der Waals surface area contributed by atoms with E-state index in [1.807, 2.05) is 6.07 Å². The molecule has 1 amide bonds. The second kappa shape index (κ2) is 4.98. The molecule has 1 saturated heterocycles. The van der Waals surface area contributed by atoms with Gasteiger partial charge in [-0.1, -0.05) is 6.07 Å². The van der Waals surface area contributed by atoms with Gasteiger partial charge in [-0.25, -0.2) is 0 Å². The Bertz CT molecular complexity index is 577. The van der Waals surface area contributed by atoms with E-state index in [4.69, 9.17) is 5.26 Å². The van der Waals surface area contributed by atoms with Gasteiger partial charge in [0.05, 0.1) is 12.1 Å². The van der Waals surface area contributed by atoms with Crippen LogP contribution >= 0.6 is 0 Å². The minimum absolute atomic E-state index is 0.228. The number of nitrogens with zero attached hydrogens (tertiary/aromatic N) is 3. The Morgan fingerprint density at radius 3 is 2.79 bits per heavy atom. The molecule has 2 rings (SSSR count). The van der Waals surface area contributed by atoms with Gasteiger partial charge in [-0.05, 0) is 18.6 Å². The zero-order chi connectivity index (χ0) is 14.0. The molecule has 2 heterocycles. The first-order valence-electron chi connectivity index (χ1n) is 5.70. The Morgan fingerprint density at radius 1 is 1.53 bits per heavy atom. The number of hydrogen-bond donors (Lipinski definition) is 0. The molecular formula is C13H11N3O3. The maximum Gasteiger partial charge on any atom is 0.292 e. The monoisotopic (exact) mass is 257 g/mol. The third-order valence-corrected chi connectivity index (χ3v) is 3.11. The van der Waals surface area contributed by atoms with Gasteiger partial charge in [-0.15, -0.1) is 0 Å². The van der Waals surface area contributed by atoms with E-state index in [0.29, 0.717) is 5.56 Å². The maximum atomic E-state index is 11.9. The quantitative estimate of drug-likeness (QED) is 0.440. The molecule has 0 saturated carbocycles. The summed E-state index contributed by atoms with van der Waals surface area (Å²) in [5.41, 5.74) is 0.581.